The molecule has 0 N–H and O–H groups in total. The van der Waals surface area contributed by atoms with Crippen LogP contribution in [0, 0.1) is 0 Å². The zero-order valence-electron chi connectivity index (χ0n) is 38.8. The molecule has 0 radical (unpaired) electrons. The number of hydrogen-bond donors (Lipinski definition) is 0. The molecule has 340 valence electrons. The van der Waals surface area contributed by atoms with Gasteiger partial charge in [-0.1, -0.05) is 197 Å². The van der Waals surface area contributed by atoms with Crippen molar-refractivity contribution in [2.45, 2.75) is 245 Å². The molecule has 0 spiro atoms. The number of carbonyl (C=O) groups is 3. The molecule has 0 bridgehead atoms. The van der Waals surface area contributed by atoms with Crippen LogP contribution in [0.2, 0.25) is 0 Å². The van der Waals surface area contributed by atoms with Gasteiger partial charge in [-0.25, -0.2) is 0 Å². The Hall–Kier alpha value is -2.89. The first-order chi connectivity index (χ1) is 29.0. The smallest absolute Gasteiger partial charge is 0.306 e. The fraction of sp³-hybridized carbons (Fsp3) is 0.755. The number of carbonyl (C=O) groups excluding carboxylic acids is 3. The summed E-state index contributed by atoms with van der Waals surface area (Å²) in [6, 6.07) is 0. The minimum atomic E-state index is -0.800. The van der Waals surface area contributed by atoms with E-state index in [0.29, 0.717) is 19.3 Å². The van der Waals surface area contributed by atoms with Crippen LogP contribution < -0.4 is 0 Å². The molecule has 6 heteroatoms. The molecule has 0 saturated carbocycles. The lowest BCUT2D eigenvalue weighted by Gasteiger charge is -2.18. The number of allylic oxidation sites excluding steroid dienone is 10. The summed E-state index contributed by atoms with van der Waals surface area (Å²) < 4.78 is 16.7. The van der Waals surface area contributed by atoms with E-state index >= 15 is 0 Å². The van der Waals surface area contributed by atoms with Crippen LogP contribution in [0.25, 0.3) is 0 Å². The molecule has 0 aromatic carbocycles. The Morgan fingerprint density at radius 3 is 1.08 bits per heavy atom. The Morgan fingerprint density at radius 2 is 0.627 bits per heavy atom. The predicted octanol–water partition coefficient (Wildman–Crippen LogP) is 16.1. The van der Waals surface area contributed by atoms with Gasteiger partial charge in [-0.2, -0.15) is 0 Å². The van der Waals surface area contributed by atoms with Crippen molar-refractivity contribution >= 4 is 17.9 Å². The Morgan fingerprint density at radius 1 is 0.339 bits per heavy atom. The Labute approximate surface area is 364 Å². The molecule has 1 unspecified atom stereocenters. The summed E-state index contributed by atoms with van der Waals surface area (Å²) in [5.74, 6) is -0.971. The highest BCUT2D eigenvalue weighted by molar-refractivity contribution is 5.71. The van der Waals surface area contributed by atoms with Gasteiger partial charge >= 0.3 is 17.9 Å². The van der Waals surface area contributed by atoms with Gasteiger partial charge in [0.05, 0.1) is 0 Å². The first-order valence-corrected chi connectivity index (χ1v) is 24.8. The zero-order valence-corrected chi connectivity index (χ0v) is 38.8. The van der Waals surface area contributed by atoms with Crippen LogP contribution in [0.5, 0.6) is 0 Å². The summed E-state index contributed by atoms with van der Waals surface area (Å²) in [4.78, 5) is 37.8. The first kappa shape index (κ1) is 56.1. The number of unbranched alkanes of at least 4 members (excludes halogenated alkanes) is 23. The molecule has 0 aliphatic heterocycles. The van der Waals surface area contributed by atoms with E-state index in [1.54, 1.807) is 0 Å². The standard InChI is InChI=1S/C53H92O6/c1-4-7-10-13-16-19-22-24-26-27-28-30-31-34-37-40-43-46-52(55)58-49-50(48-57-51(54)45-42-39-36-33-21-18-15-12-9-6-3)59-53(56)47-44-41-38-35-32-29-25-23-20-17-14-11-8-5-2/h16,19,24,26,28-30,32,34,37,50H,4-15,17-18,20-23,25,27,31,33,35-36,38-49H2,1-3H3/b19-16-,26-24-,30-28-,32-29-,37-34-. The zero-order chi connectivity index (χ0) is 43.0. The minimum absolute atomic E-state index is 0.0959. The van der Waals surface area contributed by atoms with E-state index in [1.165, 1.54) is 116 Å². The highest BCUT2D eigenvalue weighted by atomic mass is 16.6. The summed E-state index contributed by atoms with van der Waals surface area (Å²) in [5, 5.41) is 0. The fourth-order valence-corrected chi connectivity index (χ4v) is 6.72. The van der Waals surface area contributed by atoms with Gasteiger partial charge in [-0.15, -0.1) is 0 Å². The number of hydrogen-bond acceptors (Lipinski definition) is 6. The Kier molecular flexibility index (Phi) is 45.4. The van der Waals surface area contributed by atoms with Crippen molar-refractivity contribution in [3.8, 4) is 0 Å². The molecule has 0 heterocycles. The quantitative estimate of drug-likeness (QED) is 0.0263. The van der Waals surface area contributed by atoms with Crippen molar-refractivity contribution in [2.24, 2.45) is 0 Å². The van der Waals surface area contributed by atoms with Gasteiger partial charge in [0.25, 0.3) is 0 Å². The summed E-state index contributed by atoms with van der Waals surface area (Å²) in [5.41, 5.74) is 0. The van der Waals surface area contributed by atoms with Crippen LogP contribution in [-0.4, -0.2) is 37.2 Å². The van der Waals surface area contributed by atoms with Crippen LogP contribution in [0.4, 0.5) is 0 Å². The molecule has 0 amide bonds. The van der Waals surface area contributed by atoms with Crippen molar-refractivity contribution < 1.29 is 28.6 Å². The normalized spacial score (nSPS) is 12.5. The van der Waals surface area contributed by atoms with Gasteiger partial charge in [0.1, 0.15) is 13.2 Å². The Balaban J connectivity index is 4.46. The summed E-state index contributed by atoms with van der Waals surface area (Å²) in [6.07, 6.45) is 57.8. The third kappa shape index (κ3) is 46.0. The molecule has 0 aliphatic carbocycles. The van der Waals surface area contributed by atoms with Crippen molar-refractivity contribution in [1.82, 2.24) is 0 Å². The second-order valence-corrected chi connectivity index (χ2v) is 16.4. The number of esters is 3. The average Bonchev–Trinajstić information content (AvgIpc) is 3.23. The SMILES string of the molecule is CCCCC/C=C\C/C=C\C/C=C\C/C=C\CCCC(=O)OCC(COC(=O)CCCCCCCCCCCC)OC(=O)CCCCC/C=C\CCCCCCCCC. The molecule has 0 aromatic heterocycles. The first-order valence-electron chi connectivity index (χ1n) is 24.8. The lowest BCUT2D eigenvalue weighted by molar-refractivity contribution is -0.167. The lowest BCUT2D eigenvalue weighted by atomic mass is 10.1. The minimum Gasteiger partial charge on any atom is -0.462 e. The maximum atomic E-state index is 12.7. The molecule has 0 rings (SSSR count). The second-order valence-electron chi connectivity index (χ2n) is 16.4. The van der Waals surface area contributed by atoms with Gasteiger partial charge in [-0.05, 0) is 83.5 Å². The number of rotatable bonds is 44. The third-order valence-corrected chi connectivity index (χ3v) is 10.5. The van der Waals surface area contributed by atoms with Crippen LogP contribution in [0.3, 0.4) is 0 Å². The fourth-order valence-electron chi connectivity index (χ4n) is 6.72. The van der Waals surface area contributed by atoms with Crippen LogP contribution in [0.15, 0.2) is 60.8 Å². The van der Waals surface area contributed by atoms with E-state index in [-0.39, 0.29) is 37.5 Å². The van der Waals surface area contributed by atoms with Crippen LogP contribution in [-0.2, 0) is 28.6 Å². The molecule has 0 aliphatic rings. The monoisotopic (exact) mass is 825 g/mol. The van der Waals surface area contributed by atoms with E-state index in [2.05, 4.69) is 81.5 Å². The number of ether oxygens (including phenoxy) is 3. The molecular weight excluding hydrogens is 733 g/mol. The molecule has 1 atom stereocenters. The van der Waals surface area contributed by atoms with E-state index < -0.39 is 6.10 Å². The van der Waals surface area contributed by atoms with Crippen LogP contribution in [0.1, 0.15) is 239 Å². The summed E-state index contributed by atoms with van der Waals surface area (Å²) in [7, 11) is 0. The topological polar surface area (TPSA) is 78.9 Å². The van der Waals surface area contributed by atoms with Crippen LogP contribution >= 0.6 is 0 Å². The average molecular weight is 825 g/mol. The molecule has 59 heavy (non-hydrogen) atoms. The van der Waals surface area contributed by atoms with E-state index in [1.807, 2.05) is 0 Å². The van der Waals surface area contributed by atoms with E-state index in [4.69, 9.17) is 14.2 Å². The molecule has 0 aromatic rings. The lowest BCUT2D eigenvalue weighted by Crippen LogP contribution is -2.30. The molecule has 6 nitrogen and oxygen atoms in total. The van der Waals surface area contributed by atoms with Gasteiger partial charge in [-0.3, -0.25) is 14.4 Å². The van der Waals surface area contributed by atoms with Gasteiger partial charge in [0.15, 0.2) is 6.10 Å². The molecule has 0 fully saturated rings. The third-order valence-electron chi connectivity index (χ3n) is 10.5. The molecular formula is C53H92O6. The second kappa shape index (κ2) is 47.8. The van der Waals surface area contributed by atoms with Gasteiger partial charge in [0.2, 0.25) is 0 Å². The molecule has 0 saturated heterocycles. The van der Waals surface area contributed by atoms with Crippen molar-refractivity contribution in [1.29, 1.82) is 0 Å². The Bertz CT molecular complexity index is 1090. The van der Waals surface area contributed by atoms with Crippen molar-refractivity contribution in [3.63, 3.8) is 0 Å². The highest BCUT2D eigenvalue weighted by Crippen LogP contribution is 2.13. The van der Waals surface area contributed by atoms with Gasteiger partial charge < -0.3 is 14.2 Å². The van der Waals surface area contributed by atoms with E-state index in [0.717, 1.165) is 77.0 Å². The summed E-state index contributed by atoms with van der Waals surface area (Å²) in [6.45, 7) is 6.53. The van der Waals surface area contributed by atoms with Crippen molar-refractivity contribution in [3.05, 3.63) is 60.8 Å². The van der Waals surface area contributed by atoms with Crippen molar-refractivity contribution in [2.75, 3.05) is 13.2 Å². The summed E-state index contributed by atoms with van der Waals surface area (Å²) >= 11 is 0. The highest BCUT2D eigenvalue weighted by Gasteiger charge is 2.19. The maximum Gasteiger partial charge on any atom is 0.306 e. The van der Waals surface area contributed by atoms with E-state index in [9.17, 15) is 14.4 Å². The predicted molar refractivity (Wildman–Crippen MR) is 251 cm³/mol. The maximum absolute atomic E-state index is 12.7. The van der Waals surface area contributed by atoms with Gasteiger partial charge in [0, 0.05) is 19.3 Å². The largest absolute Gasteiger partial charge is 0.462 e.